The molecule has 27 heavy (non-hydrogen) atoms. The molecule has 140 valence electrons. The van der Waals surface area contributed by atoms with Crippen LogP contribution in [0.1, 0.15) is 20.9 Å². The fourth-order valence-corrected chi connectivity index (χ4v) is 3.99. The summed E-state index contributed by atoms with van der Waals surface area (Å²) in [6.45, 7) is 2.27. The van der Waals surface area contributed by atoms with Crippen LogP contribution in [0.25, 0.3) is 10.6 Å². The molecule has 0 saturated heterocycles. The summed E-state index contributed by atoms with van der Waals surface area (Å²) in [6.07, 6.45) is 0. The summed E-state index contributed by atoms with van der Waals surface area (Å²) in [5, 5.41) is 4.41. The number of nitrogens with one attached hydrogen (secondary N) is 1. The first kappa shape index (κ1) is 19.2. The highest BCUT2D eigenvalue weighted by Gasteiger charge is 2.19. The van der Waals surface area contributed by atoms with Gasteiger partial charge in [-0.2, -0.15) is 0 Å². The normalized spacial score (nSPS) is 10.5. The lowest BCUT2D eigenvalue weighted by molar-refractivity contribution is 0.0945. The van der Waals surface area contributed by atoms with Crippen molar-refractivity contribution in [3.05, 3.63) is 63.6 Å². The van der Waals surface area contributed by atoms with E-state index in [1.54, 1.807) is 18.2 Å². The molecule has 2 aromatic carbocycles. The predicted molar refractivity (Wildman–Crippen MR) is 108 cm³/mol. The van der Waals surface area contributed by atoms with Crippen LogP contribution >= 0.6 is 22.9 Å². The number of hydrogen-bond donors (Lipinski definition) is 1. The molecule has 0 aliphatic rings. The molecule has 0 aliphatic carbocycles. The average molecular weight is 403 g/mol. The Hall–Kier alpha value is -2.57. The van der Waals surface area contributed by atoms with Crippen LogP contribution in [0.2, 0.25) is 5.02 Å². The highest BCUT2D eigenvalue weighted by Crippen LogP contribution is 2.33. The number of amides is 1. The van der Waals surface area contributed by atoms with Gasteiger partial charge in [0.1, 0.15) is 22.1 Å². The zero-order chi connectivity index (χ0) is 19.4. The highest BCUT2D eigenvalue weighted by atomic mass is 35.5. The Balaban J connectivity index is 1.80. The number of carbonyl (C=O) groups is 1. The van der Waals surface area contributed by atoms with Crippen LogP contribution in [0.3, 0.4) is 0 Å². The third kappa shape index (κ3) is 4.07. The summed E-state index contributed by atoms with van der Waals surface area (Å²) in [7, 11) is 3.05. The van der Waals surface area contributed by atoms with E-state index in [1.807, 2.05) is 31.2 Å². The zero-order valence-corrected chi connectivity index (χ0v) is 16.8. The van der Waals surface area contributed by atoms with E-state index in [2.05, 4.69) is 10.3 Å². The smallest absolute Gasteiger partial charge is 0.259 e. The van der Waals surface area contributed by atoms with Crippen LogP contribution in [-0.2, 0) is 6.54 Å². The Morgan fingerprint density at radius 1 is 1.11 bits per heavy atom. The highest BCUT2D eigenvalue weighted by molar-refractivity contribution is 7.15. The van der Waals surface area contributed by atoms with E-state index in [0.29, 0.717) is 28.6 Å². The van der Waals surface area contributed by atoms with Crippen LogP contribution < -0.4 is 14.8 Å². The van der Waals surface area contributed by atoms with Gasteiger partial charge in [0, 0.05) is 10.4 Å². The molecule has 0 bridgehead atoms. The van der Waals surface area contributed by atoms with Crippen molar-refractivity contribution in [3.63, 3.8) is 0 Å². The number of aryl methyl sites for hydroxylation is 1. The molecule has 0 fully saturated rings. The fraction of sp³-hybridized carbons (Fsp3) is 0.200. The average Bonchev–Trinajstić information content (AvgIpc) is 3.06. The van der Waals surface area contributed by atoms with Crippen molar-refractivity contribution in [3.8, 4) is 22.1 Å². The van der Waals surface area contributed by atoms with E-state index >= 15 is 0 Å². The van der Waals surface area contributed by atoms with Crippen molar-refractivity contribution in [2.75, 3.05) is 14.2 Å². The monoisotopic (exact) mass is 402 g/mol. The number of halogens is 1. The molecule has 1 aromatic heterocycles. The minimum atomic E-state index is -0.267. The summed E-state index contributed by atoms with van der Waals surface area (Å²) in [4.78, 5) is 18.3. The van der Waals surface area contributed by atoms with Gasteiger partial charge in [-0.15, -0.1) is 11.3 Å². The number of carbonyl (C=O) groups excluding carboxylic acids is 1. The summed E-state index contributed by atoms with van der Waals surface area (Å²) >= 11 is 7.77. The number of ether oxygens (including phenoxy) is 2. The van der Waals surface area contributed by atoms with Crippen molar-refractivity contribution in [1.82, 2.24) is 10.3 Å². The minimum absolute atomic E-state index is 0.267. The maximum absolute atomic E-state index is 12.7. The molecule has 3 rings (SSSR count). The lowest BCUT2D eigenvalue weighted by atomic mass is 10.1. The molecule has 0 saturated carbocycles. The minimum Gasteiger partial charge on any atom is -0.496 e. The Morgan fingerprint density at radius 3 is 2.41 bits per heavy atom. The SMILES string of the molecule is COc1cccc(OC)c1C(=O)NCc1sc(-c2ccccc2Cl)nc1C. The summed E-state index contributed by atoms with van der Waals surface area (Å²) < 4.78 is 10.6. The number of rotatable bonds is 6. The maximum atomic E-state index is 12.7. The van der Waals surface area contributed by atoms with Crippen molar-refractivity contribution < 1.29 is 14.3 Å². The summed E-state index contributed by atoms with van der Waals surface area (Å²) in [6, 6.07) is 12.8. The second-order valence-corrected chi connectivity index (χ2v) is 7.22. The molecule has 0 atom stereocenters. The Kier molecular flexibility index (Phi) is 5.98. The molecule has 0 spiro atoms. The number of methoxy groups -OCH3 is 2. The van der Waals surface area contributed by atoms with E-state index in [0.717, 1.165) is 21.1 Å². The third-order valence-corrected chi connectivity index (χ3v) is 5.58. The lowest BCUT2D eigenvalue weighted by Gasteiger charge is -2.12. The molecule has 0 aliphatic heterocycles. The van der Waals surface area contributed by atoms with Crippen LogP contribution in [0, 0.1) is 6.92 Å². The van der Waals surface area contributed by atoms with Crippen molar-refractivity contribution in [2.24, 2.45) is 0 Å². The Morgan fingerprint density at radius 2 is 1.78 bits per heavy atom. The van der Waals surface area contributed by atoms with Crippen LogP contribution in [0.15, 0.2) is 42.5 Å². The van der Waals surface area contributed by atoms with E-state index in [1.165, 1.54) is 25.6 Å². The van der Waals surface area contributed by atoms with E-state index in [-0.39, 0.29) is 5.91 Å². The third-order valence-electron chi connectivity index (χ3n) is 4.06. The Bertz CT molecular complexity index is 949. The van der Waals surface area contributed by atoms with Crippen molar-refractivity contribution in [1.29, 1.82) is 0 Å². The number of nitrogens with zero attached hydrogens (tertiary/aromatic N) is 1. The molecule has 0 radical (unpaired) electrons. The van der Waals surface area contributed by atoms with Gasteiger partial charge in [-0.1, -0.05) is 35.9 Å². The quantitative estimate of drug-likeness (QED) is 0.648. The molecular formula is C20H19ClN2O3S. The van der Waals surface area contributed by atoms with Gasteiger partial charge >= 0.3 is 0 Å². The number of aromatic nitrogens is 1. The van der Waals surface area contributed by atoms with Crippen LogP contribution in [-0.4, -0.2) is 25.1 Å². The van der Waals surface area contributed by atoms with Gasteiger partial charge in [-0.25, -0.2) is 4.98 Å². The molecule has 1 heterocycles. The first-order chi connectivity index (χ1) is 13.0. The number of thiazole rings is 1. The Labute approximate surface area is 166 Å². The second kappa shape index (κ2) is 8.41. The van der Waals surface area contributed by atoms with Gasteiger partial charge in [-0.3, -0.25) is 4.79 Å². The summed E-state index contributed by atoms with van der Waals surface area (Å²) in [5.74, 6) is 0.658. The molecule has 0 unspecified atom stereocenters. The van der Waals surface area contributed by atoms with E-state index in [4.69, 9.17) is 21.1 Å². The van der Waals surface area contributed by atoms with Gasteiger partial charge in [0.15, 0.2) is 0 Å². The molecule has 3 aromatic rings. The molecule has 1 amide bonds. The van der Waals surface area contributed by atoms with E-state index in [9.17, 15) is 4.79 Å². The largest absolute Gasteiger partial charge is 0.496 e. The van der Waals surface area contributed by atoms with Crippen molar-refractivity contribution in [2.45, 2.75) is 13.5 Å². The first-order valence-electron chi connectivity index (χ1n) is 8.25. The second-order valence-electron chi connectivity index (χ2n) is 5.73. The number of benzene rings is 2. The molecule has 7 heteroatoms. The zero-order valence-electron chi connectivity index (χ0n) is 15.2. The predicted octanol–water partition coefficient (Wildman–Crippen LogP) is 4.72. The lowest BCUT2D eigenvalue weighted by Crippen LogP contribution is -2.24. The van der Waals surface area contributed by atoms with Gasteiger partial charge in [-0.05, 0) is 25.1 Å². The summed E-state index contributed by atoms with van der Waals surface area (Å²) in [5.41, 5.74) is 2.12. The maximum Gasteiger partial charge on any atom is 0.259 e. The van der Waals surface area contributed by atoms with Crippen LogP contribution in [0.4, 0.5) is 0 Å². The van der Waals surface area contributed by atoms with Crippen molar-refractivity contribution >= 4 is 28.8 Å². The van der Waals surface area contributed by atoms with E-state index < -0.39 is 0 Å². The van der Waals surface area contributed by atoms with Crippen LogP contribution in [0.5, 0.6) is 11.5 Å². The topological polar surface area (TPSA) is 60.5 Å². The first-order valence-corrected chi connectivity index (χ1v) is 9.45. The molecule has 1 N–H and O–H groups in total. The van der Waals surface area contributed by atoms with Gasteiger partial charge < -0.3 is 14.8 Å². The fourth-order valence-electron chi connectivity index (χ4n) is 2.67. The number of hydrogen-bond acceptors (Lipinski definition) is 5. The van der Waals surface area contributed by atoms with Gasteiger partial charge in [0.25, 0.3) is 5.91 Å². The van der Waals surface area contributed by atoms with Gasteiger partial charge in [0.05, 0.1) is 31.5 Å². The molecule has 5 nitrogen and oxygen atoms in total. The molecular weight excluding hydrogens is 384 g/mol. The standard InChI is InChI=1S/C20H19ClN2O3S/c1-12-17(27-20(23-12)13-7-4-5-8-14(13)21)11-22-19(24)18-15(25-2)9-6-10-16(18)26-3/h4-10H,11H2,1-3H3,(H,22,24). The van der Waals surface area contributed by atoms with Gasteiger partial charge in [0.2, 0.25) is 0 Å².